The lowest BCUT2D eigenvalue weighted by Crippen LogP contribution is -2.19. The summed E-state index contributed by atoms with van der Waals surface area (Å²) in [6, 6.07) is 1.99. The van der Waals surface area contributed by atoms with E-state index in [-0.39, 0.29) is 5.56 Å². The van der Waals surface area contributed by atoms with Gasteiger partial charge in [-0.25, -0.2) is 4.98 Å². The second kappa shape index (κ2) is 3.35. The Morgan fingerprint density at radius 1 is 1.60 bits per heavy atom. The standard InChI is InChI=1S/C10H10N2OS2/c1-2-6-5-7-8(15-6)11-10-12(9(7)13)3-4-14-10/h5H,2-4H2,1H3. The lowest BCUT2D eigenvalue weighted by atomic mass is 10.3. The highest BCUT2D eigenvalue weighted by Crippen LogP contribution is 2.27. The average Bonchev–Trinajstić information content (AvgIpc) is 2.83. The van der Waals surface area contributed by atoms with Gasteiger partial charge in [-0.3, -0.25) is 9.36 Å². The van der Waals surface area contributed by atoms with Gasteiger partial charge in [0, 0.05) is 17.2 Å². The second-order valence-corrected chi connectivity index (χ2v) is 5.66. The number of rotatable bonds is 1. The molecule has 1 aliphatic heterocycles. The topological polar surface area (TPSA) is 34.9 Å². The Hall–Kier alpha value is -0.810. The minimum atomic E-state index is 0.135. The molecule has 0 saturated carbocycles. The van der Waals surface area contributed by atoms with Gasteiger partial charge in [0.25, 0.3) is 5.56 Å². The fourth-order valence-corrected chi connectivity index (χ4v) is 3.71. The molecular formula is C10H10N2OS2. The Bertz CT molecular complexity index is 585. The molecule has 0 saturated heterocycles. The first-order valence-corrected chi connectivity index (χ1v) is 6.76. The first-order valence-electron chi connectivity index (χ1n) is 4.95. The minimum Gasteiger partial charge on any atom is -0.286 e. The number of hydrogen-bond acceptors (Lipinski definition) is 4. The van der Waals surface area contributed by atoms with Gasteiger partial charge in [0.2, 0.25) is 0 Å². The van der Waals surface area contributed by atoms with Crippen molar-refractivity contribution >= 4 is 33.3 Å². The Labute approximate surface area is 95.1 Å². The van der Waals surface area contributed by atoms with Crippen molar-refractivity contribution in [1.82, 2.24) is 9.55 Å². The molecule has 0 unspecified atom stereocenters. The highest BCUT2D eigenvalue weighted by molar-refractivity contribution is 7.99. The highest BCUT2D eigenvalue weighted by atomic mass is 32.2. The van der Waals surface area contributed by atoms with Crippen LogP contribution >= 0.6 is 23.1 Å². The summed E-state index contributed by atoms with van der Waals surface area (Å²) < 4.78 is 1.79. The summed E-state index contributed by atoms with van der Waals surface area (Å²) in [6.45, 7) is 2.91. The molecule has 15 heavy (non-hydrogen) atoms. The van der Waals surface area contributed by atoms with E-state index in [0.717, 1.165) is 34.1 Å². The maximum atomic E-state index is 12.1. The molecule has 0 aliphatic carbocycles. The third-order valence-corrected chi connectivity index (χ3v) is 4.69. The van der Waals surface area contributed by atoms with Gasteiger partial charge >= 0.3 is 0 Å². The van der Waals surface area contributed by atoms with E-state index in [1.54, 1.807) is 27.7 Å². The molecule has 5 heteroatoms. The largest absolute Gasteiger partial charge is 0.286 e. The number of fused-ring (bicyclic) bond motifs is 2. The van der Waals surface area contributed by atoms with Crippen molar-refractivity contribution in [3.05, 3.63) is 21.3 Å². The van der Waals surface area contributed by atoms with Crippen LogP contribution < -0.4 is 5.56 Å². The van der Waals surface area contributed by atoms with Crippen LogP contribution in [0.3, 0.4) is 0 Å². The van der Waals surface area contributed by atoms with Crippen LogP contribution in [0, 0.1) is 0 Å². The fraction of sp³-hybridized carbons (Fsp3) is 0.400. The molecule has 0 fully saturated rings. The third-order valence-electron chi connectivity index (χ3n) is 2.56. The predicted molar refractivity (Wildman–Crippen MR) is 64.0 cm³/mol. The zero-order chi connectivity index (χ0) is 10.4. The maximum absolute atomic E-state index is 12.1. The molecule has 0 spiro atoms. The van der Waals surface area contributed by atoms with Crippen LogP contribution in [0.15, 0.2) is 16.0 Å². The summed E-state index contributed by atoms with van der Waals surface area (Å²) in [4.78, 5) is 18.7. The summed E-state index contributed by atoms with van der Waals surface area (Å²) >= 11 is 3.31. The number of thioether (sulfide) groups is 1. The van der Waals surface area contributed by atoms with E-state index in [2.05, 4.69) is 11.9 Å². The van der Waals surface area contributed by atoms with Gasteiger partial charge in [0.1, 0.15) is 4.83 Å². The summed E-state index contributed by atoms with van der Waals surface area (Å²) in [5, 5.41) is 1.68. The summed E-state index contributed by atoms with van der Waals surface area (Å²) in [6.07, 6.45) is 0.975. The Morgan fingerprint density at radius 2 is 2.47 bits per heavy atom. The van der Waals surface area contributed by atoms with Gasteiger partial charge in [0.05, 0.1) is 5.39 Å². The normalized spacial score (nSPS) is 14.7. The SMILES string of the molecule is CCc1cc2c(=O)n3c(nc2s1)SCC3. The molecule has 0 atom stereocenters. The van der Waals surface area contributed by atoms with Crippen LogP contribution in [-0.2, 0) is 13.0 Å². The van der Waals surface area contributed by atoms with Crippen LogP contribution in [-0.4, -0.2) is 15.3 Å². The van der Waals surface area contributed by atoms with E-state index < -0.39 is 0 Å². The molecular weight excluding hydrogens is 228 g/mol. The molecule has 0 amide bonds. The Kier molecular flexibility index (Phi) is 2.10. The maximum Gasteiger partial charge on any atom is 0.262 e. The number of aryl methyl sites for hydroxylation is 1. The van der Waals surface area contributed by atoms with Gasteiger partial charge < -0.3 is 0 Å². The summed E-state index contributed by atoms with van der Waals surface area (Å²) in [5.74, 6) is 0.972. The quantitative estimate of drug-likeness (QED) is 0.714. The van der Waals surface area contributed by atoms with Crippen molar-refractivity contribution in [2.24, 2.45) is 0 Å². The molecule has 2 aromatic heterocycles. The van der Waals surface area contributed by atoms with E-state index in [9.17, 15) is 4.79 Å². The number of aromatic nitrogens is 2. The van der Waals surface area contributed by atoms with E-state index in [1.165, 1.54) is 4.88 Å². The molecule has 0 radical (unpaired) electrons. The van der Waals surface area contributed by atoms with Crippen molar-refractivity contribution in [3.8, 4) is 0 Å². The van der Waals surface area contributed by atoms with E-state index >= 15 is 0 Å². The van der Waals surface area contributed by atoms with Crippen LogP contribution in [0.4, 0.5) is 0 Å². The fourth-order valence-electron chi connectivity index (χ4n) is 1.76. The van der Waals surface area contributed by atoms with Crippen molar-refractivity contribution < 1.29 is 0 Å². The number of thiophene rings is 1. The van der Waals surface area contributed by atoms with Crippen molar-refractivity contribution in [3.63, 3.8) is 0 Å². The minimum absolute atomic E-state index is 0.135. The van der Waals surface area contributed by atoms with E-state index in [1.807, 2.05) is 6.07 Å². The molecule has 0 bridgehead atoms. The first-order chi connectivity index (χ1) is 7.29. The average molecular weight is 238 g/mol. The Balaban J connectivity index is 2.38. The summed E-state index contributed by atoms with van der Waals surface area (Å²) in [7, 11) is 0. The van der Waals surface area contributed by atoms with Gasteiger partial charge in [-0.2, -0.15) is 0 Å². The third kappa shape index (κ3) is 1.33. The van der Waals surface area contributed by atoms with Crippen LogP contribution in [0.2, 0.25) is 0 Å². The van der Waals surface area contributed by atoms with Gasteiger partial charge in [0.15, 0.2) is 5.16 Å². The monoisotopic (exact) mass is 238 g/mol. The molecule has 2 aromatic rings. The Morgan fingerprint density at radius 3 is 3.27 bits per heavy atom. The predicted octanol–water partition coefficient (Wildman–Crippen LogP) is 2.13. The van der Waals surface area contributed by atoms with Crippen LogP contribution in [0.5, 0.6) is 0 Å². The zero-order valence-electron chi connectivity index (χ0n) is 8.32. The van der Waals surface area contributed by atoms with Crippen LogP contribution in [0.1, 0.15) is 11.8 Å². The van der Waals surface area contributed by atoms with Crippen LogP contribution in [0.25, 0.3) is 10.2 Å². The van der Waals surface area contributed by atoms with Crippen molar-refractivity contribution in [1.29, 1.82) is 0 Å². The van der Waals surface area contributed by atoms with Gasteiger partial charge in [-0.05, 0) is 12.5 Å². The second-order valence-electron chi connectivity index (χ2n) is 3.48. The lowest BCUT2D eigenvalue weighted by molar-refractivity contribution is 0.670. The molecule has 1 aliphatic rings. The van der Waals surface area contributed by atoms with Gasteiger partial charge in [-0.15, -0.1) is 11.3 Å². The lowest BCUT2D eigenvalue weighted by Gasteiger charge is -1.99. The molecule has 3 heterocycles. The highest BCUT2D eigenvalue weighted by Gasteiger charge is 2.17. The van der Waals surface area contributed by atoms with E-state index in [4.69, 9.17) is 0 Å². The van der Waals surface area contributed by atoms with Crippen molar-refractivity contribution in [2.75, 3.05) is 5.75 Å². The van der Waals surface area contributed by atoms with E-state index in [0.29, 0.717) is 0 Å². The molecule has 78 valence electrons. The van der Waals surface area contributed by atoms with Gasteiger partial charge in [-0.1, -0.05) is 18.7 Å². The molecule has 0 aromatic carbocycles. The smallest absolute Gasteiger partial charge is 0.262 e. The molecule has 0 N–H and O–H groups in total. The molecule has 3 rings (SSSR count). The first kappa shape index (κ1) is 9.42. The number of hydrogen-bond donors (Lipinski definition) is 0. The van der Waals surface area contributed by atoms with Crippen molar-refractivity contribution in [2.45, 2.75) is 25.0 Å². The zero-order valence-corrected chi connectivity index (χ0v) is 9.95. The molecule has 3 nitrogen and oxygen atoms in total. The number of nitrogens with zero attached hydrogens (tertiary/aromatic N) is 2. The summed E-state index contributed by atoms with van der Waals surface area (Å²) in [5.41, 5.74) is 0.135.